The summed E-state index contributed by atoms with van der Waals surface area (Å²) < 4.78 is 0. The molecule has 0 unspecified atom stereocenters. The molecule has 0 saturated heterocycles. The number of halogens is 3. The average Bonchev–Trinajstić information content (AvgIpc) is 2.45. The van der Waals surface area contributed by atoms with Gasteiger partial charge in [-0.15, -0.1) is 0 Å². The fourth-order valence-electron chi connectivity index (χ4n) is 2.26. The number of rotatable bonds is 4. The molecule has 1 aliphatic rings. The van der Waals surface area contributed by atoms with E-state index in [-0.39, 0.29) is 10.0 Å². The second-order valence-electron chi connectivity index (χ2n) is 4.85. The maximum absolute atomic E-state index is 12.2. The van der Waals surface area contributed by atoms with E-state index in [0.29, 0.717) is 23.6 Å². The minimum atomic E-state index is -0.993. The van der Waals surface area contributed by atoms with Gasteiger partial charge in [0.1, 0.15) is 0 Å². The number of carbonyl (C=O) groups excluding carboxylic acids is 1. The first kappa shape index (κ1) is 16.9. The third kappa shape index (κ3) is 3.85. The van der Waals surface area contributed by atoms with E-state index in [9.17, 15) is 14.7 Å². The van der Waals surface area contributed by atoms with E-state index in [1.807, 2.05) is 0 Å². The number of benzene rings is 1. The van der Waals surface area contributed by atoms with Gasteiger partial charge in [0.2, 0.25) is 5.91 Å². The lowest BCUT2D eigenvalue weighted by atomic mass is 9.82. The molecule has 0 radical (unpaired) electrons. The molecule has 118 valence electrons. The Morgan fingerprint density at radius 1 is 1.05 bits per heavy atom. The summed E-state index contributed by atoms with van der Waals surface area (Å²) in [5.41, 5.74) is 5.39. The summed E-state index contributed by atoms with van der Waals surface area (Å²) in [6, 6.07) is 2.96. The summed E-state index contributed by atoms with van der Waals surface area (Å²) in [6.45, 7) is 0. The van der Waals surface area contributed by atoms with Gasteiger partial charge in [-0.3, -0.25) is 20.4 Å². The molecule has 1 aliphatic carbocycles. The Labute approximate surface area is 142 Å². The number of carbonyl (C=O) groups is 2. The lowest BCUT2D eigenvalue weighted by Gasteiger charge is -2.24. The fraction of sp³-hybridized carbons (Fsp3) is 0.286. The molecular formula is C14H13Cl3N2O3. The van der Waals surface area contributed by atoms with Crippen molar-refractivity contribution in [1.29, 1.82) is 0 Å². The van der Waals surface area contributed by atoms with Crippen molar-refractivity contribution in [2.45, 2.75) is 12.8 Å². The largest absolute Gasteiger partial charge is 0.481 e. The molecule has 1 amide bonds. The van der Waals surface area contributed by atoms with Crippen molar-refractivity contribution >= 4 is 52.4 Å². The van der Waals surface area contributed by atoms with Gasteiger partial charge < -0.3 is 5.11 Å². The van der Waals surface area contributed by atoms with Gasteiger partial charge in [-0.1, -0.05) is 47.0 Å². The zero-order valence-electron chi connectivity index (χ0n) is 11.3. The van der Waals surface area contributed by atoms with E-state index >= 15 is 0 Å². The van der Waals surface area contributed by atoms with Crippen LogP contribution in [0.5, 0.6) is 0 Å². The molecule has 1 aromatic carbocycles. The van der Waals surface area contributed by atoms with E-state index in [2.05, 4.69) is 10.9 Å². The van der Waals surface area contributed by atoms with E-state index in [1.165, 1.54) is 12.1 Å². The second-order valence-corrected chi connectivity index (χ2v) is 6.10. The van der Waals surface area contributed by atoms with E-state index in [4.69, 9.17) is 34.8 Å². The highest BCUT2D eigenvalue weighted by atomic mass is 35.5. The standard InChI is InChI=1S/C14H13Cl3N2O3/c15-7-5-10(16)12(11(17)6-7)18-19-13(20)8-3-1-2-4-9(8)14(21)22/h1-2,5-6,8-9,18H,3-4H2,(H,19,20)(H,21,22)/t8-,9-/m1/s1. The second kappa shape index (κ2) is 7.22. The van der Waals surface area contributed by atoms with Gasteiger partial charge in [0.15, 0.2) is 0 Å². The summed E-state index contributed by atoms with van der Waals surface area (Å²) in [5.74, 6) is -2.83. The van der Waals surface area contributed by atoms with Crippen molar-refractivity contribution in [1.82, 2.24) is 5.43 Å². The van der Waals surface area contributed by atoms with Gasteiger partial charge in [0.05, 0.1) is 27.6 Å². The summed E-state index contributed by atoms with van der Waals surface area (Å²) in [7, 11) is 0. The average molecular weight is 364 g/mol. The third-order valence-corrected chi connectivity index (χ3v) is 4.22. The molecule has 0 aliphatic heterocycles. The molecule has 2 rings (SSSR count). The Bertz CT molecular complexity index is 611. The first-order chi connectivity index (χ1) is 10.4. The molecule has 0 spiro atoms. The van der Waals surface area contributed by atoms with E-state index < -0.39 is 23.7 Å². The summed E-state index contributed by atoms with van der Waals surface area (Å²) in [6.07, 6.45) is 4.26. The highest BCUT2D eigenvalue weighted by Gasteiger charge is 2.34. The summed E-state index contributed by atoms with van der Waals surface area (Å²) >= 11 is 17.8. The van der Waals surface area contributed by atoms with Crippen LogP contribution in [-0.4, -0.2) is 17.0 Å². The van der Waals surface area contributed by atoms with Gasteiger partial charge in [-0.25, -0.2) is 0 Å². The highest BCUT2D eigenvalue weighted by Crippen LogP contribution is 2.33. The normalized spacial score (nSPS) is 20.5. The molecule has 1 aromatic rings. The number of aliphatic carboxylic acids is 1. The van der Waals surface area contributed by atoms with Gasteiger partial charge in [0.25, 0.3) is 0 Å². The van der Waals surface area contributed by atoms with Gasteiger partial charge in [-0.05, 0) is 25.0 Å². The molecule has 0 aromatic heterocycles. The lowest BCUT2D eigenvalue weighted by molar-refractivity contribution is -0.147. The first-order valence-corrected chi connectivity index (χ1v) is 7.61. The van der Waals surface area contributed by atoms with Crippen molar-refractivity contribution in [2.24, 2.45) is 11.8 Å². The number of allylic oxidation sites excluding steroid dienone is 2. The van der Waals surface area contributed by atoms with Crippen LogP contribution in [0, 0.1) is 11.8 Å². The molecule has 8 heteroatoms. The number of hydrogen-bond acceptors (Lipinski definition) is 3. The van der Waals surface area contributed by atoms with Crippen LogP contribution in [0.3, 0.4) is 0 Å². The molecule has 3 N–H and O–H groups in total. The predicted molar refractivity (Wildman–Crippen MR) is 86.2 cm³/mol. The van der Waals surface area contributed by atoms with E-state index in [1.54, 1.807) is 12.2 Å². The monoisotopic (exact) mass is 362 g/mol. The zero-order valence-corrected chi connectivity index (χ0v) is 13.5. The van der Waals surface area contributed by atoms with Crippen LogP contribution < -0.4 is 10.9 Å². The Kier molecular flexibility index (Phi) is 5.56. The molecule has 0 fully saturated rings. The summed E-state index contributed by atoms with van der Waals surface area (Å²) in [5, 5.41) is 10.0. The van der Waals surface area contributed by atoms with Crippen molar-refractivity contribution in [3.63, 3.8) is 0 Å². The van der Waals surface area contributed by atoms with Crippen LogP contribution in [-0.2, 0) is 9.59 Å². The van der Waals surface area contributed by atoms with Crippen LogP contribution in [0.15, 0.2) is 24.3 Å². The zero-order chi connectivity index (χ0) is 16.3. The van der Waals surface area contributed by atoms with Crippen LogP contribution in [0.1, 0.15) is 12.8 Å². The minimum Gasteiger partial charge on any atom is -0.481 e. The predicted octanol–water partition coefficient (Wildman–Crippen LogP) is 3.76. The first-order valence-electron chi connectivity index (χ1n) is 6.48. The van der Waals surface area contributed by atoms with Crippen LogP contribution in [0.25, 0.3) is 0 Å². The van der Waals surface area contributed by atoms with Crippen molar-refractivity contribution in [2.75, 3.05) is 5.43 Å². The molecule has 2 atom stereocenters. The van der Waals surface area contributed by atoms with Crippen LogP contribution in [0.2, 0.25) is 15.1 Å². The maximum atomic E-state index is 12.2. The smallest absolute Gasteiger partial charge is 0.307 e. The Hall–Kier alpha value is -1.43. The van der Waals surface area contributed by atoms with Crippen molar-refractivity contribution < 1.29 is 14.7 Å². The Morgan fingerprint density at radius 3 is 2.14 bits per heavy atom. The molecule has 22 heavy (non-hydrogen) atoms. The molecule has 0 saturated carbocycles. The number of carboxylic acids is 1. The number of nitrogens with one attached hydrogen (secondary N) is 2. The number of hydrogen-bond donors (Lipinski definition) is 3. The Morgan fingerprint density at radius 2 is 1.59 bits per heavy atom. The van der Waals surface area contributed by atoms with Crippen molar-refractivity contribution in [3.8, 4) is 0 Å². The number of amides is 1. The molecular weight excluding hydrogens is 351 g/mol. The minimum absolute atomic E-state index is 0.246. The maximum Gasteiger partial charge on any atom is 0.307 e. The molecule has 0 heterocycles. The fourth-order valence-corrected chi connectivity index (χ4v) is 3.17. The van der Waals surface area contributed by atoms with Gasteiger partial charge >= 0.3 is 5.97 Å². The van der Waals surface area contributed by atoms with Crippen molar-refractivity contribution in [3.05, 3.63) is 39.4 Å². The third-order valence-electron chi connectivity index (χ3n) is 3.40. The van der Waals surface area contributed by atoms with Crippen LogP contribution in [0.4, 0.5) is 5.69 Å². The number of carboxylic acid groups (broad SMARTS) is 1. The van der Waals surface area contributed by atoms with Crippen LogP contribution >= 0.6 is 34.8 Å². The van der Waals surface area contributed by atoms with Gasteiger partial charge in [-0.2, -0.15) is 0 Å². The lowest BCUT2D eigenvalue weighted by Crippen LogP contribution is -2.41. The highest BCUT2D eigenvalue weighted by molar-refractivity contribution is 6.41. The Balaban J connectivity index is 2.07. The van der Waals surface area contributed by atoms with Gasteiger partial charge in [0, 0.05) is 5.02 Å². The number of hydrazine groups is 1. The SMILES string of the molecule is O=C(O)[C@@H]1CC=CC[C@H]1C(=O)NNc1c(Cl)cc(Cl)cc1Cl. The summed E-state index contributed by atoms with van der Waals surface area (Å²) in [4.78, 5) is 23.4. The number of anilines is 1. The topological polar surface area (TPSA) is 78.4 Å². The van der Waals surface area contributed by atoms with E-state index in [0.717, 1.165) is 0 Å². The molecule has 5 nitrogen and oxygen atoms in total. The quantitative estimate of drug-likeness (QED) is 0.562. The molecule has 0 bridgehead atoms.